The van der Waals surface area contributed by atoms with Gasteiger partial charge in [-0.15, -0.1) is 11.3 Å². The number of aryl methyl sites for hydroxylation is 1. The third-order valence-electron chi connectivity index (χ3n) is 4.14. The maximum absolute atomic E-state index is 12.8. The smallest absolute Gasteiger partial charge is 0.253 e. The Balaban J connectivity index is 1.71. The van der Waals surface area contributed by atoms with Gasteiger partial charge in [-0.1, -0.05) is 23.7 Å². The van der Waals surface area contributed by atoms with E-state index in [-0.39, 0.29) is 5.91 Å². The first-order valence-corrected chi connectivity index (χ1v) is 10.6. The number of rotatable bonds is 5. The van der Waals surface area contributed by atoms with Crippen molar-refractivity contribution in [1.82, 2.24) is 9.62 Å². The van der Waals surface area contributed by atoms with Crippen LogP contribution in [0.25, 0.3) is 0 Å². The first-order valence-electron chi connectivity index (χ1n) is 7.98. The summed E-state index contributed by atoms with van der Waals surface area (Å²) in [6.45, 7) is 2.55. The average molecular weight is 399 g/mol. The maximum Gasteiger partial charge on any atom is 0.253 e. The van der Waals surface area contributed by atoms with Gasteiger partial charge >= 0.3 is 0 Å². The molecule has 25 heavy (non-hydrogen) atoms. The first kappa shape index (κ1) is 18.4. The van der Waals surface area contributed by atoms with E-state index in [4.69, 9.17) is 11.6 Å². The number of hydrogen-bond donors (Lipinski definition) is 1. The van der Waals surface area contributed by atoms with Crippen LogP contribution in [0.3, 0.4) is 0 Å². The molecule has 2 aromatic rings. The lowest BCUT2D eigenvalue weighted by molar-refractivity contribution is -0.124. The number of nitrogens with one attached hydrogen (secondary N) is 1. The van der Waals surface area contributed by atoms with Gasteiger partial charge in [0.15, 0.2) is 0 Å². The lowest BCUT2D eigenvalue weighted by Crippen LogP contribution is -2.45. The van der Waals surface area contributed by atoms with E-state index < -0.39 is 16.1 Å². The lowest BCUT2D eigenvalue weighted by atomic mass is 10.2. The highest BCUT2D eigenvalue weighted by Crippen LogP contribution is 2.30. The number of carbonyl (C=O) groups is 1. The van der Waals surface area contributed by atoms with Crippen LogP contribution < -0.4 is 5.32 Å². The molecular formula is C17H19ClN2O3S2. The van der Waals surface area contributed by atoms with Crippen molar-refractivity contribution in [3.63, 3.8) is 0 Å². The van der Waals surface area contributed by atoms with Crippen LogP contribution in [0.1, 0.15) is 23.3 Å². The summed E-state index contributed by atoms with van der Waals surface area (Å²) in [5.74, 6) is -0.269. The van der Waals surface area contributed by atoms with Gasteiger partial charge in [0.25, 0.3) is 10.0 Å². The molecule has 3 rings (SSSR count). The van der Waals surface area contributed by atoms with Gasteiger partial charge < -0.3 is 5.32 Å². The number of hydrogen-bond acceptors (Lipinski definition) is 4. The molecule has 0 radical (unpaired) electrons. The Morgan fingerprint density at radius 3 is 2.84 bits per heavy atom. The van der Waals surface area contributed by atoms with Gasteiger partial charge in [-0.25, -0.2) is 8.42 Å². The molecule has 1 aromatic carbocycles. The molecule has 0 spiro atoms. The second kappa shape index (κ2) is 7.45. The fraction of sp³-hybridized carbons (Fsp3) is 0.353. The van der Waals surface area contributed by atoms with E-state index in [1.165, 1.54) is 15.6 Å². The number of carbonyl (C=O) groups excluding carboxylic acids is 1. The van der Waals surface area contributed by atoms with Crippen molar-refractivity contribution in [2.75, 3.05) is 6.54 Å². The highest BCUT2D eigenvalue weighted by atomic mass is 35.5. The van der Waals surface area contributed by atoms with Crippen molar-refractivity contribution in [2.24, 2.45) is 0 Å². The fourth-order valence-corrected chi connectivity index (χ4v) is 6.19. The summed E-state index contributed by atoms with van der Waals surface area (Å²) in [6.07, 6.45) is 1.21. The van der Waals surface area contributed by atoms with E-state index in [0.717, 1.165) is 10.4 Å². The number of benzene rings is 1. The summed E-state index contributed by atoms with van der Waals surface area (Å²) in [5.41, 5.74) is 0.877. The van der Waals surface area contributed by atoms with Gasteiger partial charge in [0.2, 0.25) is 5.91 Å². The predicted octanol–water partition coefficient (Wildman–Crippen LogP) is 3.18. The molecule has 1 atom stereocenters. The largest absolute Gasteiger partial charge is 0.351 e. The normalized spacial score (nSPS) is 18.4. The zero-order valence-electron chi connectivity index (χ0n) is 13.7. The Bertz CT molecular complexity index is 880. The zero-order valence-corrected chi connectivity index (χ0v) is 16.1. The second-order valence-electron chi connectivity index (χ2n) is 5.99. The van der Waals surface area contributed by atoms with Gasteiger partial charge in [-0.3, -0.25) is 4.79 Å². The van der Waals surface area contributed by atoms with Crippen molar-refractivity contribution in [3.05, 3.63) is 51.9 Å². The highest BCUT2D eigenvalue weighted by Gasteiger charge is 2.39. The fourth-order valence-electron chi connectivity index (χ4n) is 2.91. The molecule has 2 heterocycles. The van der Waals surface area contributed by atoms with Crippen LogP contribution in [-0.4, -0.2) is 31.2 Å². The van der Waals surface area contributed by atoms with Crippen LogP contribution in [0, 0.1) is 6.92 Å². The average Bonchev–Trinajstić information content (AvgIpc) is 3.22. The maximum atomic E-state index is 12.8. The topological polar surface area (TPSA) is 66.5 Å². The molecule has 0 unspecified atom stereocenters. The summed E-state index contributed by atoms with van der Waals surface area (Å²) in [5, 5.41) is 3.43. The molecule has 1 saturated heterocycles. The Morgan fingerprint density at radius 1 is 1.36 bits per heavy atom. The van der Waals surface area contributed by atoms with Crippen molar-refractivity contribution in [1.29, 1.82) is 0 Å². The zero-order chi connectivity index (χ0) is 18.0. The van der Waals surface area contributed by atoms with E-state index in [1.807, 2.05) is 19.1 Å². The molecule has 5 nitrogen and oxygen atoms in total. The molecule has 0 bridgehead atoms. The quantitative estimate of drug-likeness (QED) is 0.841. The van der Waals surface area contributed by atoms with Crippen LogP contribution >= 0.6 is 22.9 Å². The SMILES string of the molecule is Cc1ccc(S(=O)(=O)N2CCC[C@@H]2C(=O)NCc2cccc(Cl)c2)s1. The van der Waals surface area contributed by atoms with Crippen molar-refractivity contribution >= 4 is 38.9 Å². The molecule has 134 valence electrons. The van der Waals surface area contributed by atoms with Crippen LogP contribution in [0.4, 0.5) is 0 Å². The van der Waals surface area contributed by atoms with Gasteiger partial charge in [0.1, 0.15) is 10.3 Å². The molecule has 1 aliphatic rings. The molecule has 0 saturated carbocycles. The number of halogens is 1. The summed E-state index contributed by atoms with van der Waals surface area (Å²) >= 11 is 7.17. The van der Waals surface area contributed by atoms with E-state index in [0.29, 0.717) is 35.2 Å². The van der Waals surface area contributed by atoms with Crippen molar-refractivity contribution in [3.8, 4) is 0 Å². The minimum Gasteiger partial charge on any atom is -0.351 e. The summed E-state index contributed by atoms with van der Waals surface area (Å²) in [4.78, 5) is 13.5. The molecule has 1 aliphatic heterocycles. The first-order chi connectivity index (χ1) is 11.9. The Hall–Kier alpha value is -1.41. The minimum atomic E-state index is -3.63. The van der Waals surface area contributed by atoms with Crippen molar-refractivity contribution < 1.29 is 13.2 Å². The number of thiophene rings is 1. The second-order valence-corrected chi connectivity index (χ2v) is 9.83. The monoisotopic (exact) mass is 398 g/mol. The van der Waals surface area contributed by atoms with Gasteiger partial charge in [-0.05, 0) is 49.6 Å². The predicted molar refractivity (Wildman–Crippen MR) is 99.3 cm³/mol. The standard InChI is InChI=1S/C17H19ClN2O3S2/c1-12-7-8-16(24-12)25(22,23)20-9-3-6-15(20)17(21)19-11-13-4-2-5-14(18)10-13/h2,4-5,7-8,10,15H,3,6,9,11H2,1H3,(H,19,21)/t15-/m1/s1. The molecule has 0 aliphatic carbocycles. The Labute approximate surface area is 156 Å². The van der Waals surface area contributed by atoms with E-state index in [1.54, 1.807) is 24.3 Å². The number of amides is 1. The third-order valence-corrected chi connectivity index (χ3v) is 7.75. The Kier molecular flexibility index (Phi) is 5.48. The van der Waals surface area contributed by atoms with Crippen LogP contribution in [0.15, 0.2) is 40.6 Å². The highest BCUT2D eigenvalue weighted by molar-refractivity contribution is 7.91. The van der Waals surface area contributed by atoms with Crippen LogP contribution in [0.2, 0.25) is 5.02 Å². The molecule has 1 aromatic heterocycles. The van der Waals surface area contributed by atoms with E-state index in [2.05, 4.69) is 5.32 Å². The van der Waals surface area contributed by atoms with E-state index >= 15 is 0 Å². The van der Waals surface area contributed by atoms with Crippen LogP contribution in [-0.2, 0) is 21.4 Å². The minimum absolute atomic E-state index is 0.269. The summed E-state index contributed by atoms with van der Waals surface area (Å²) in [6, 6.07) is 9.95. The molecule has 1 N–H and O–H groups in total. The third kappa shape index (κ3) is 4.06. The lowest BCUT2D eigenvalue weighted by Gasteiger charge is -2.22. The number of nitrogens with zero attached hydrogens (tertiary/aromatic N) is 1. The Morgan fingerprint density at radius 2 is 2.16 bits per heavy atom. The summed E-state index contributed by atoms with van der Waals surface area (Å²) < 4.78 is 27.3. The molecule has 1 fully saturated rings. The van der Waals surface area contributed by atoms with Crippen LogP contribution in [0.5, 0.6) is 0 Å². The van der Waals surface area contributed by atoms with Crippen molar-refractivity contribution in [2.45, 2.75) is 36.6 Å². The van der Waals surface area contributed by atoms with Gasteiger partial charge in [0.05, 0.1) is 0 Å². The molecular weight excluding hydrogens is 380 g/mol. The van der Waals surface area contributed by atoms with Gasteiger partial charge in [-0.2, -0.15) is 4.31 Å². The summed E-state index contributed by atoms with van der Waals surface area (Å²) in [7, 11) is -3.63. The van der Waals surface area contributed by atoms with Gasteiger partial charge in [0, 0.05) is 23.0 Å². The number of sulfonamides is 1. The molecule has 8 heteroatoms. The molecule has 1 amide bonds. The van der Waals surface area contributed by atoms with E-state index in [9.17, 15) is 13.2 Å².